The summed E-state index contributed by atoms with van der Waals surface area (Å²) in [5, 5.41) is 8.12. The number of hydrogen-bond acceptors (Lipinski definition) is 4. The SMILES string of the molecule is CCNC(=NCc1cnc(C)s1)NC1CCN(Cc2ccccc2)C(C)C1. The van der Waals surface area contributed by atoms with Crippen molar-refractivity contribution in [1.29, 1.82) is 0 Å². The zero-order chi connectivity index (χ0) is 19.1. The summed E-state index contributed by atoms with van der Waals surface area (Å²) in [5.41, 5.74) is 1.39. The van der Waals surface area contributed by atoms with E-state index in [2.05, 4.69) is 64.7 Å². The standard InChI is InChI=1S/C21H31N5S/c1-4-22-21(24-14-20-13-23-17(3)27-20)25-19-10-11-26(16(2)12-19)15-18-8-6-5-7-9-18/h5-9,13,16,19H,4,10-12,14-15H2,1-3H3,(H2,22,24,25). The van der Waals surface area contributed by atoms with Crippen LogP contribution in [0.1, 0.15) is 42.1 Å². The summed E-state index contributed by atoms with van der Waals surface area (Å²) in [5.74, 6) is 0.914. The van der Waals surface area contributed by atoms with E-state index in [0.717, 1.165) is 43.4 Å². The first-order valence-electron chi connectivity index (χ1n) is 9.88. The third-order valence-corrected chi connectivity index (χ3v) is 5.89. The molecule has 1 saturated heterocycles. The number of aromatic nitrogens is 1. The molecule has 0 spiro atoms. The Labute approximate surface area is 166 Å². The van der Waals surface area contributed by atoms with Crippen LogP contribution in [0.5, 0.6) is 0 Å². The van der Waals surface area contributed by atoms with Crippen LogP contribution in [0.15, 0.2) is 41.5 Å². The highest BCUT2D eigenvalue weighted by molar-refractivity contribution is 7.11. The van der Waals surface area contributed by atoms with Crippen LogP contribution in [0.25, 0.3) is 0 Å². The Bertz CT molecular complexity index is 727. The molecule has 2 atom stereocenters. The molecule has 1 aromatic heterocycles. The normalized spacial score (nSPS) is 21.2. The van der Waals surface area contributed by atoms with E-state index < -0.39 is 0 Å². The first-order chi connectivity index (χ1) is 13.1. The summed E-state index contributed by atoms with van der Waals surface area (Å²) < 4.78 is 0. The number of rotatable bonds is 6. The maximum Gasteiger partial charge on any atom is 0.191 e. The van der Waals surface area contributed by atoms with Gasteiger partial charge < -0.3 is 10.6 Å². The lowest BCUT2D eigenvalue weighted by Gasteiger charge is -2.38. The molecule has 6 heteroatoms. The second-order valence-corrected chi connectivity index (χ2v) is 8.53. The fourth-order valence-electron chi connectivity index (χ4n) is 3.55. The smallest absolute Gasteiger partial charge is 0.191 e. The van der Waals surface area contributed by atoms with E-state index >= 15 is 0 Å². The number of benzene rings is 1. The zero-order valence-electron chi connectivity index (χ0n) is 16.6. The van der Waals surface area contributed by atoms with E-state index in [9.17, 15) is 0 Å². The number of hydrogen-bond donors (Lipinski definition) is 2. The molecule has 0 aliphatic carbocycles. The highest BCUT2D eigenvalue weighted by atomic mass is 32.1. The largest absolute Gasteiger partial charge is 0.357 e. The van der Waals surface area contributed by atoms with Crippen LogP contribution in [0.4, 0.5) is 0 Å². The van der Waals surface area contributed by atoms with Crippen molar-refractivity contribution in [2.75, 3.05) is 13.1 Å². The molecule has 2 N–H and O–H groups in total. The molecule has 0 radical (unpaired) electrons. The van der Waals surface area contributed by atoms with Gasteiger partial charge in [-0.3, -0.25) is 4.90 Å². The molecule has 27 heavy (non-hydrogen) atoms. The predicted molar refractivity (Wildman–Crippen MR) is 114 cm³/mol. The molecule has 1 aliphatic heterocycles. The van der Waals surface area contributed by atoms with E-state index in [-0.39, 0.29) is 0 Å². The maximum atomic E-state index is 4.75. The number of guanidine groups is 1. The van der Waals surface area contributed by atoms with Gasteiger partial charge in [-0.25, -0.2) is 9.98 Å². The topological polar surface area (TPSA) is 52.6 Å². The molecule has 1 aliphatic rings. The Morgan fingerprint density at radius 1 is 1.33 bits per heavy atom. The molecule has 3 rings (SSSR count). The van der Waals surface area contributed by atoms with Gasteiger partial charge in [0.15, 0.2) is 5.96 Å². The van der Waals surface area contributed by atoms with Gasteiger partial charge >= 0.3 is 0 Å². The van der Waals surface area contributed by atoms with E-state index in [1.54, 1.807) is 11.3 Å². The number of likely N-dealkylation sites (tertiary alicyclic amines) is 1. The highest BCUT2D eigenvalue weighted by Gasteiger charge is 2.25. The molecular formula is C21H31N5S. The fraction of sp³-hybridized carbons (Fsp3) is 0.524. The number of thiazole rings is 1. The van der Waals surface area contributed by atoms with Gasteiger partial charge in [0.25, 0.3) is 0 Å². The Hall–Kier alpha value is -1.92. The van der Waals surface area contributed by atoms with Gasteiger partial charge in [-0.2, -0.15) is 0 Å². The predicted octanol–water partition coefficient (Wildman–Crippen LogP) is 3.56. The molecule has 0 bridgehead atoms. The lowest BCUT2D eigenvalue weighted by atomic mass is 9.97. The molecule has 2 aromatic rings. The molecular weight excluding hydrogens is 354 g/mol. The third kappa shape index (κ3) is 6.04. The average Bonchev–Trinajstić information content (AvgIpc) is 3.08. The molecule has 0 saturated carbocycles. The molecule has 146 valence electrons. The van der Waals surface area contributed by atoms with Crippen molar-refractivity contribution in [3.05, 3.63) is 52.0 Å². The van der Waals surface area contributed by atoms with Gasteiger partial charge in [-0.1, -0.05) is 30.3 Å². The van der Waals surface area contributed by atoms with Crippen LogP contribution < -0.4 is 10.6 Å². The second-order valence-electron chi connectivity index (χ2n) is 7.21. The lowest BCUT2D eigenvalue weighted by molar-refractivity contribution is 0.134. The highest BCUT2D eigenvalue weighted by Crippen LogP contribution is 2.20. The van der Waals surface area contributed by atoms with Crippen molar-refractivity contribution in [3.63, 3.8) is 0 Å². The van der Waals surface area contributed by atoms with Crippen LogP contribution >= 0.6 is 11.3 Å². The number of aryl methyl sites for hydroxylation is 1. The van der Waals surface area contributed by atoms with Crippen molar-refractivity contribution in [3.8, 4) is 0 Å². The minimum atomic E-state index is 0.466. The Balaban J connectivity index is 1.53. The minimum Gasteiger partial charge on any atom is -0.357 e. The molecule has 1 fully saturated rings. The fourth-order valence-corrected chi connectivity index (χ4v) is 4.27. The van der Waals surface area contributed by atoms with Crippen LogP contribution in [0.3, 0.4) is 0 Å². The van der Waals surface area contributed by atoms with Crippen molar-refractivity contribution in [1.82, 2.24) is 20.5 Å². The minimum absolute atomic E-state index is 0.466. The van der Waals surface area contributed by atoms with E-state index in [0.29, 0.717) is 18.6 Å². The Kier molecular flexibility index (Phi) is 7.24. The van der Waals surface area contributed by atoms with Crippen LogP contribution in [-0.2, 0) is 13.1 Å². The average molecular weight is 386 g/mol. The zero-order valence-corrected chi connectivity index (χ0v) is 17.4. The van der Waals surface area contributed by atoms with Gasteiger partial charge in [-0.15, -0.1) is 11.3 Å². The second kappa shape index (κ2) is 9.85. The number of aliphatic imine (C=N–C) groups is 1. The van der Waals surface area contributed by atoms with Crippen molar-refractivity contribution in [2.24, 2.45) is 4.99 Å². The van der Waals surface area contributed by atoms with Crippen molar-refractivity contribution in [2.45, 2.75) is 58.8 Å². The number of piperidine rings is 1. The monoisotopic (exact) mass is 385 g/mol. The van der Waals surface area contributed by atoms with Gasteiger partial charge in [-0.05, 0) is 39.2 Å². The number of nitrogens with one attached hydrogen (secondary N) is 2. The van der Waals surface area contributed by atoms with Crippen LogP contribution in [0.2, 0.25) is 0 Å². The number of nitrogens with zero attached hydrogens (tertiary/aromatic N) is 3. The van der Waals surface area contributed by atoms with E-state index in [4.69, 9.17) is 4.99 Å². The summed E-state index contributed by atoms with van der Waals surface area (Å²) in [6.45, 7) is 10.2. The van der Waals surface area contributed by atoms with Crippen LogP contribution in [0, 0.1) is 6.92 Å². The molecule has 2 heterocycles. The quantitative estimate of drug-likeness (QED) is 0.590. The van der Waals surface area contributed by atoms with Crippen molar-refractivity contribution < 1.29 is 0 Å². The van der Waals surface area contributed by atoms with Crippen LogP contribution in [-0.4, -0.2) is 41.0 Å². The molecule has 2 unspecified atom stereocenters. The van der Waals surface area contributed by atoms with Gasteiger partial charge in [0.2, 0.25) is 0 Å². The summed E-state index contributed by atoms with van der Waals surface area (Å²) >= 11 is 1.72. The Morgan fingerprint density at radius 3 is 2.81 bits per heavy atom. The first kappa shape index (κ1) is 19.8. The van der Waals surface area contributed by atoms with Gasteiger partial charge in [0.05, 0.1) is 11.6 Å². The van der Waals surface area contributed by atoms with Crippen molar-refractivity contribution >= 4 is 17.3 Å². The van der Waals surface area contributed by atoms with E-state index in [1.807, 2.05) is 13.1 Å². The Morgan fingerprint density at radius 2 is 2.15 bits per heavy atom. The maximum absolute atomic E-state index is 4.75. The third-order valence-electron chi connectivity index (χ3n) is 4.99. The molecule has 5 nitrogen and oxygen atoms in total. The summed E-state index contributed by atoms with van der Waals surface area (Å²) in [6.07, 6.45) is 4.20. The summed E-state index contributed by atoms with van der Waals surface area (Å²) in [4.78, 5) is 12.9. The first-order valence-corrected chi connectivity index (χ1v) is 10.7. The van der Waals surface area contributed by atoms with E-state index in [1.165, 1.54) is 10.4 Å². The molecule has 0 amide bonds. The summed E-state index contributed by atoms with van der Waals surface area (Å²) in [7, 11) is 0. The molecule has 1 aromatic carbocycles. The van der Waals surface area contributed by atoms with Gasteiger partial charge in [0.1, 0.15) is 0 Å². The van der Waals surface area contributed by atoms with Gasteiger partial charge in [0, 0.05) is 42.8 Å². The lowest BCUT2D eigenvalue weighted by Crippen LogP contribution is -2.51. The summed E-state index contributed by atoms with van der Waals surface area (Å²) in [6, 6.07) is 11.8.